The van der Waals surface area contributed by atoms with Gasteiger partial charge in [0.05, 0.1) is 17.5 Å². The van der Waals surface area contributed by atoms with E-state index in [0.717, 1.165) is 12.1 Å². The lowest BCUT2D eigenvalue weighted by Gasteiger charge is -2.18. The Labute approximate surface area is 185 Å². The van der Waals surface area contributed by atoms with E-state index in [9.17, 15) is 22.8 Å². The summed E-state index contributed by atoms with van der Waals surface area (Å²) < 4.78 is 41.4. The van der Waals surface area contributed by atoms with Crippen LogP contribution < -0.4 is 15.6 Å². The van der Waals surface area contributed by atoms with Gasteiger partial charge in [-0.25, -0.2) is 0 Å². The average molecular weight is 451 g/mol. The fourth-order valence-electron chi connectivity index (χ4n) is 3.81. The highest BCUT2D eigenvalue weighted by molar-refractivity contribution is 6.07. The van der Waals surface area contributed by atoms with Crippen LogP contribution in [0.3, 0.4) is 0 Å². The van der Waals surface area contributed by atoms with Gasteiger partial charge in [0.2, 0.25) is 0 Å². The lowest BCUT2D eigenvalue weighted by Crippen LogP contribution is -2.33. The lowest BCUT2D eigenvalue weighted by molar-refractivity contribution is -0.137. The molecule has 9 heteroatoms. The van der Waals surface area contributed by atoms with Gasteiger partial charge in [-0.05, 0) is 36.4 Å². The van der Waals surface area contributed by atoms with Crippen molar-refractivity contribution in [3.63, 3.8) is 0 Å². The number of carbonyl (C=O) groups excluding carboxylic acids is 2. The van der Waals surface area contributed by atoms with Crippen LogP contribution in [0, 0.1) is 0 Å². The zero-order valence-corrected chi connectivity index (χ0v) is 16.9. The van der Waals surface area contributed by atoms with Crippen LogP contribution in [0.4, 0.5) is 18.9 Å². The second kappa shape index (κ2) is 7.70. The number of nitrogens with one attached hydrogen (secondary N) is 2. The average Bonchev–Trinajstić information content (AvgIpc) is 3.18. The second-order valence-corrected chi connectivity index (χ2v) is 7.55. The van der Waals surface area contributed by atoms with E-state index >= 15 is 0 Å². The molecule has 3 aromatic carbocycles. The van der Waals surface area contributed by atoms with Crippen molar-refractivity contribution in [1.29, 1.82) is 0 Å². The van der Waals surface area contributed by atoms with Gasteiger partial charge in [0.1, 0.15) is 5.69 Å². The van der Waals surface area contributed by atoms with Crippen molar-refractivity contribution in [2.45, 2.75) is 12.6 Å². The van der Waals surface area contributed by atoms with Gasteiger partial charge in [0.25, 0.3) is 11.8 Å². The monoisotopic (exact) mass is 451 g/mol. The predicted molar refractivity (Wildman–Crippen MR) is 115 cm³/mol. The first-order chi connectivity index (χ1) is 15.8. The van der Waals surface area contributed by atoms with E-state index in [0.29, 0.717) is 27.9 Å². The number of hydrogen-bond donors (Lipinski definition) is 2. The van der Waals surface area contributed by atoms with Crippen molar-refractivity contribution >= 4 is 28.4 Å². The minimum absolute atomic E-state index is 0.160. The van der Waals surface area contributed by atoms with Gasteiger partial charge in [0.15, 0.2) is 5.75 Å². The van der Waals surface area contributed by atoms with Crippen LogP contribution in [-0.2, 0) is 17.4 Å². The summed E-state index contributed by atoms with van der Waals surface area (Å²) in [5, 5.41) is 3.47. The molecule has 0 aliphatic carbocycles. The Morgan fingerprint density at radius 3 is 2.64 bits per heavy atom. The van der Waals surface area contributed by atoms with E-state index in [2.05, 4.69) is 10.8 Å². The molecule has 0 saturated heterocycles. The number of halogens is 3. The van der Waals surface area contributed by atoms with Gasteiger partial charge >= 0.3 is 6.18 Å². The molecule has 0 atom stereocenters. The molecule has 2 N–H and O–H groups in total. The molecule has 0 spiro atoms. The molecule has 0 bridgehead atoms. The number of hydrogen-bond acceptors (Lipinski definition) is 3. The molecule has 4 aromatic rings. The molecule has 33 heavy (non-hydrogen) atoms. The van der Waals surface area contributed by atoms with Gasteiger partial charge in [-0.1, -0.05) is 30.3 Å². The van der Waals surface area contributed by atoms with E-state index in [1.165, 1.54) is 16.7 Å². The molecule has 0 radical (unpaired) electrons. The normalized spacial score (nSPS) is 13.2. The van der Waals surface area contributed by atoms with E-state index in [4.69, 9.17) is 4.84 Å². The molecule has 1 aliphatic heterocycles. The second-order valence-electron chi connectivity index (χ2n) is 7.55. The highest BCUT2D eigenvalue weighted by Gasteiger charge is 2.31. The van der Waals surface area contributed by atoms with Gasteiger partial charge < -0.3 is 14.7 Å². The van der Waals surface area contributed by atoms with E-state index in [1.54, 1.807) is 48.5 Å². The van der Waals surface area contributed by atoms with Crippen molar-refractivity contribution in [3.8, 4) is 11.4 Å². The summed E-state index contributed by atoms with van der Waals surface area (Å²) in [6.45, 7) is 0. The summed E-state index contributed by atoms with van der Waals surface area (Å²) in [5.41, 5.74) is 3.53. The topological polar surface area (TPSA) is 72.4 Å². The first-order valence-corrected chi connectivity index (χ1v) is 9.98. The van der Waals surface area contributed by atoms with Crippen LogP contribution in [0.1, 0.15) is 21.6 Å². The third-order valence-electron chi connectivity index (χ3n) is 5.33. The zero-order chi connectivity index (χ0) is 23.2. The molecule has 166 valence electrons. The van der Waals surface area contributed by atoms with E-state index < -0.39 is 17.6 Å². The number of benzene rings is 3. The smallest absolute Gasteiger partial charge is 0.379 e. The first kappa shape index (κ1) is 20.6. The lowest BCUT2D eigenvalue weighted by atomic mass is 10.1. The third kappa shape index (κ3) is 3.89. The molecule has 1 aromatic heterocycles. The molecule has 6 nitrogen and oxygen atoms in total. The van der Waals surface area contributed by atoms with Crippen molar-refractivity contribution in [3.05, 3.63) is 89.6 Å². The SMILES string of the molecule is O=C1Cc2ccc(NC(=O)c3cc4ccccc4n3-c3cccc(C(F)(F)F)c3)cc2ON1. The largest absolute Gasteiger partial charge is 0.416 e. The molecule has 5 rings (SSSR count). The highest BCUT2D eigenvalue weighted by atomic mass is 19.4. The number of carbonyl (C=O) groups is 2. The summed E-state index contributed by atoms with van der Waals surface area (Å²) in [6, 6.07) is 18.4. The fraction of sp³-hybridized carbons (Fsp3) is 0.0833. The molecule has 1 aliphatic rings. The first-order valence-electron chi connectivity index (χ1n) is 9.98. The Morgan fingerprint density at radius 2 is 1.82 bits per heavy atom. The van der Waals surface area contributed by atoms with Crippen LogP contribution in [0.15, 0.2) is 72.8 Å². The summed E-state index contributed by atoms with van der Waals surface area (Å²) in [7, 11) is 0. The van der Waals surface area contributed by atoms with Crippen LogP contribution >= 0.6 is 0 Å². The molecule has 0 fully saturated rings. The molecule has 0 unspecified atom stereocenters. The van der Waals surface area contributed by atoms with Gasteiger partial charge in [-0.2, -0.15) is 18.7 Å². The Hall–Kier alpha value is -4.27. The number of alkyl halides is 3. The number of aromatic nitrogens is 1. The summed E-state index contributed by atoms with van der Waals surface area (Å²) in [4.78, 5) is 29.8. The molecular weight excluding hydrogens is 435 g/mol. The standard InChI is InChI=1S/C24H16F3N3O3/c25-24(26,27)16-5-3-6-18(12-16)30-19-7-2-1-4-14(19)10-20(30)23(32)28-17-9-8-15-11-22(31)29-33-21(15)13-17/h1-10,12-13H,11H2,(H,28,32)(H,29,31). The van der Waals surface area contributed by atoms with Crippen LogP contribution in [0.25, 0.3) is 16.6 Å². The van der Waals surface area contributed by atoms with Crippen LogP contribution in [0.5, 0.6) is 5.75 Å². The van der Waals surface area contributed by atoms with Crippen molar-refractivity contribution in [1.82, 2.24) is 10.0 Å². The number of anilines is 1. The maximum absolute atomic E-state index is 13.3. The van der Waals surface area contributed by atoms with Crippen molar-refractivity contribution in [2.75, 3.05) is 5.32 Å². The third-order valence-corrected chi connectivity index (χ3v) is 5.33. The fourth-order valence-corrected chi connectivity index (χ4v) is 3.81. The predicted octanol–water partition coefficient (Wildman–Crippen LogP) is 4.87. The van der Waals surface area contributed by atoms with Gasteiger partial charge in [-0.3, -0.25) is 9.59 Å². The van der Waals surface area contributed by atoms with E-state index in [-0.39, 0.29) is 23.7 Å². The van der Waals surface area contributed by atoms with Gasteiger partial charge in [0, 0.05) is 28.4 Å². The summed E-state index contributed by atoms with van der Waals surface area (Å²) in [5.74, 6) is -0.376. The van der Waals surface area contributed by atoms with Crippen LogP contribution in [-0.4, -0.2) is 16.4 Å². The maximum atomic E-state index is 13.3. The molecule has 2 amide bonds. The summed E-state index contributed by atoms with van der Waals surface area (Å²) >= 11 is 0. The van der Waals surface area contributed by atoms with E-state index in [1.807, 2.05) is 0 Å². The molecule has 0 saturated carbocycles. The number of amides is 2. The number of rotatable bonds is 3. The Kier molecular flexibility index (Phi) is 4.81. The molecular formula is C24H16F3N3O3. The quantitative estimate of drug-likeness (QED) is 0.467. The number of nitrogens with zero attached hydrogens (tertiary/aromatic N) is 1. The maximum Gasteiger partial charge on any atom is 0.416 e. The Bertz CT molecular complexity index is 1410. The zero-order valence-electron chi connectivity index (χ0n) is 16.9. The van der Waals surface area contributed by atoms with Gasteiger partial charge in [-0.15, -0.1) is 0 Å². The van der Waals surface area contributed by atoms with Crippen molar-refractivity contribution < 1.29 is 27.6 Å². The van der Waals surface area contributed by atoms with Crippen LogP contribution in [0.2, 0.25) is 0 Å². The Balaban J connectivity index is 1.55. The number of fused-ring (bicyclic) bond motifs is 2. The Morgan fingerprint density at radius 1 is 1.00 bits per heavy atom. The van der Waals surface area contributed by atoms with Crippen molar-refractivity contribution in [2.24, 2.45) is 0 Å². The minimum Gasteiger partial charge on any atom is -0.379 e. The molecule has 2 heterocycles. The minimum atomic E-state index is -4.51. The number of para-hydroxylation sites is 1. The highest BCUT2D eigenvalue weighted by Crippen LogP contribution is 2.33. The summed E-state index contributed by atoms with van der Waals surface area (Å²) in [6.07, 6.45) is -4.35. The number of hydroxylamine groups is 1.